The molecule has 3 N–H and O–H groups in total. The van der Waals surface area contributed by atoms with Gasteiger partial charge in [0.25, 0.3) is 10.1 Å². The van der Waals surface area contributed by atoms with Crippen molar-refractivity contribution < 1.29 is 31.7 Å². The van der Waals surface area contributed by atoms with Crippen LogP contribution in [0, 0.1) is 11.3 Å². The Bertz CT molecular complexity index is 765. The van der Waals surface area contributed by atoms with Gasteiger partial charge >= 0.3 is 12.2 Å². The third-order valence-electron chi connectivity index (χ3n) is 4.92. The zero-order valence-corrected chi connectivity index (χ0v) is 18.7. The van der Waals surface area contributed by atoms with E-state index in [9.17, 15) is 18.0 Å². The van der Waals surface area contributed by atoms with Crippen LogP contribution in [0.15, 0.2) is 0 Å². The highest BCUT2D eigenvalue weighted by molar-refractivity contribution is 7.85. The number of amides is 2. The van der Waals surface area contributed by atoms with E-state index in [1.54, 1.807) is 20.8 Å². The Labute approximate surface area is 177 Å². The van der Waals surface area contributed by atoms with Crippen LogP contribution in [0.1, 0.15) is 40.0 Å². The quantitative estimate of drug-likeness (QED) is 0.334. The zero-order valence-electron chi connectivity index (χ0n) is 17.9. The molecule has 12 heteroatoms. The first-order valence-corrected chi connectivity index (χ1v) is 11.7. The third-order valence-corrected chi connectivity index (χ3v) is 5.49. The van der Waals surface area contributed by atoms with Gasteiger partial charge in [0.05, 0.1) is 18.8 Å². The molecule has 3 unspecified atom stereocenters. The molecule has 11 nitrogen and oxygen atoms in total. The van der Waals surface area contributed by atoms with Gasteiger partial charge in [0, 0.05) is 13.1 Å². The van der Waals surface area contributed by atoms with E-state index in [1.807, 2.05) is 0 Å². The summed E-state index contributed by atoms with van der Waals surface area (Å²) < 4.78 is 37.4. The van der Waals surface area contributed by atoms with Gasteiger partial charge in [-0.25, -0.2) is 9.59 Å². The van der Waals surface area contributed by atoms with E-state index in [-0.39, 0.29) is 24.9 Å². The molecule has 0 saturated carbocycles. The van der Waals surface area contributed by atoms with Crippen molar-refractivity contribution in [1.82, 2.24) is 9.80 Å². The van der Waals surface area contributed by atoms with E-state index in [4.69, 9.17) is 24.8 Å². The van der Waals surface area contributed by atoms with Crippen molar-refractivity contribution in [2.45, 2.75) is 57.8 Å². The minimum Gasteiger partial charge on any atom is -0.444 e. The van der Waals surface area contributed by atoms with Gasteiger partial charge in [-0.3, -0.25) is 14.5 Å². The van der Waals surface area contributed by atoms with Gasteiger partial charge in [-0.05, 0) is 46.0 Å². The smallest absolute Gasteiger partial charge is 0.410 e. The van der Waals surface area contributed by atoms with Gasteiger partial charge in [-0.15, -0.1) is 0 Å². The van der Waals surface area contributed by atoms with Crippen LogP contribution in [-0.2, 0) is 23.8 Å². The number of carbonyl (C=O) groups excluding carboxylic acids is 2. The van der Waals surface area contributed by atoms with E-state index in [1.165, 1.54) is 9.80 Å². The molecule has 0 aromatic heterocycles. The lowest BCUT2D eigenvalue weighted by Crippen LogP contribution is -2.53. The summed E-state index contributed by atoms with van der Waals surface area (Å²) in [6.07, 6.45) is 1.18. The molecule has 2 rings (SSSR count). The Balaban J connectivity index is 1.86. The van der Waals surface area contributed by atoms with Crippen LogP contribution < -0.4 is 5.73 Å². The molecule has 0 bridgehead atoms. The van der Waals surface area contributed by atoms with Crippen molar-refractivity contribution >= 4 is 28.1 Å². The number of nitrogens with zero attached hydrogens (tertiary/aromatic N) is 2. The fourth-order valence-electron chi connectivity index (χ4n) is 3.52. The SMILES string of the molecule is CC(C)(C)OC(=O)N1CCC(CCN2CC(COS(C)(=O)=O)OC2=O)CC1C(=N)N. The Morgan fingerprint density at radius 1 is 1.37 bits per heavy atom. The number of rotatable bonds is 7. The predicted molar refractivity (Wildman–Crippen MR) is 109 cm³/mol. The molecule has 2 aliphatic heterocycles. The lowest BCUT2D eigenvalue weighted by Gasteiger charge is -2.39. The normalized spacial score (nSPS) is 25.2. The van der Waals surface area contributed by atoms with Crippen LogP contribution in [0.3, 0.4) is 0 Å². The number of carbonyl (C=O) groups is 2. The third kappa shape index (κ3) is 7.31. The summed E-state index contributed by atoms with van der Waals surface area (Å²) in [5.74, 6) is 0.0702. The molecule has 0 aromatic carbocycles. The molecule has 2 heterocycles. The van der Waals surface area contributed by atoms with Crippen LogP contribution >= 0.6 is 0 Å². The summed E-state index contributed by atoms with van der Waals surface area (Å²) in [6, 6.07) is -0.542. The molecular formula is C18H32N4O7S. The van der Waals surface area contributed by atoms with Crippen molar-refractivity contribution in [3.63, 3.8) is 0 Å². The van der Waals surface area contributed by atoms with Gasteiger partial charge in [-0.1, -0.05) is 0 Å². The van der Waals surface area contributed by atoms with E-state index in [2.05, 4.69) is 0 Å². The van der Waals surface area contributed by atoms with E-state index in [0.717, 1.165) is 6.26 Å². The van der Waals surface area contributed by atoms with E-state index in [0.29, 0.717) is 32.4 Å². The topological polar surface area (TPSA) is 152 Å². The maximum absolute atomic E-state index is 12.4. The van der Waals surface area contributed by atoms with E-state index < -0.39 is 40.1 Å². The summed E-state index contributed by atoms with van der Waals surface area (Å²) >= 11 is 0. The van der Waals surface area contributed by atoms with E-state index >= 15 is 0 Å². The van der Waals surface area contributed by atoms with Crippen LogP contribution in [0.5, 0.6) is 0 Å². The molecule has 2 fully saturated rings. The lowest BCUT2D eigenvalue weighted by atomic mass is 9.88. The summed E-state index contributed by atoms with van der Waals surface area (Å²) in [6.45, 7) is 6.23. The number of amidine groups is 1. The molecule has 2 amide bonds. The summed E-state index contributed by atoms with van der Waals surface area (Å²) in [5, 5.41) is 7.87. The highest BCUT2D eigenvalue weighted by Crippen LogP contribution is 2.28. The molecule has 2 aliphatic rings. The van der Waals surface area contributed by atoms with Gasteiger partial charge in [0.2, 0.25) is 0 Å². The molecule has 3 atom stereocenters. The standard InChI is InChI=1S/C18H32N4O7S/c1-18(2,3)29-17(24)22-8-6-12(9-14(22)15(19)20)5-7-21-10-13(28-16(21)23)11-27-30(4,25)26/h12-14H,5-11H2,1-4H3,(H3,19,20). The predicted octanol–water partition coefficient (Wildman–Crippen LogP) is 1.13. The monoisotopic (exact) mass is 448 g/mol. The van der Waals surface area contributed by atoms with Gasteiger partial charge in [-0.2, -0.15) is 8.42 Å². The number of hydrogen-bond acceptors (Lipinski definition) is 8. The second-order valence-corrected chi connectivity index (χ2v) is 10.4. The maximum atomic E-state index is 12.4. The van der Waals surface area contributed by atoms with Crippen LogP contribution in [0.25, 0.3) is 0 Å². The molecule has 0 radical (unpaired) electrons. The number of piperidine rings is 1. The first-order chi connectivity index (χ1) is 13.7. The molecule has 0 spiro atoms. The lowest BCUT2D eigenvalue weighted by molar-refractivity contribution is 0.0118. The number of nitrogens with two attached hydrogens (primary N) is 1. The Hall–Kier alpha value is -2.08. The average molecular weight is 449 g/mol. The second kappa shape index (κ2) is 9.38. The number of nitrogens with one attached hydrogen (secondary N) is 1. The fraction of sp³-hybridized carbons (Fsp3) is 0.833. The number of hydrogen-bond donors (Lipinski definition) is 2. The van der Waals surface area contributed by atoms with Crippen LogP contribution in [-0.4, -0.2) is 86.5 Å². The molecular weight excluding hydrogens is 416 g/mol. The Morgan fingerprint density at radius 3 is 2.60 bits per heavy atom. The van der Waals surface area contributed by atoms with Crippen molar-refractivity contribution in [2.75, 3.05) is 32.5 Å². The van der Waals surface area contributed by atoms with Crippen molar-refractivity contribution in [1.29, 1.82) is 5.41 Å². The molecule has 2 saturated heterocycles. The highest BCUT2D eigenvalue weighted by atomic mass is 32.2. The van der Waals surface area contributed by atoms with Crippen molar-refractivity contribution in [3.05, 3.63) is 0 Å². The minimum absolute atomic E-state index is 0.0934. The first kappa shape index (κ1) is 24.2. The molecule has 0 aliphatic carbocycles. The van der Waals surface area contributed by atoms with Crippen molar-refractivity contribution in [3.8, 4) is 0 Å². The maximum Gasteiger partial charge on any atom is 0.410 e. The Morgan fingerprint density at radius 2 is 2.03 bits per heavy atom. The zero-order chi connectivity index (χ0) is 22.7. The first-order valence-electron chi connectivity index (χ1n) is 9.88. The number of cyclic esters (lactones) is 1. The number of likely N-dealkylation sites (tertiary alicyclic amines) is 1. The summed E-state index contributed by atoms with van der Waals surface area (Å²) in [5.41, 5.74) is 5.10. The minimum atomic E-state index is -3.60. The Kier molecular flexibility index (Phi) is 7.56. The number of ether oxygens (including phenoxy) is 2. The van der Waals surface area contributed by atoms with Gasteiger partial charge in [0.1, 0.15) is 24.1 Å². The molecule has 0 aromatic rings. The van der Waals surface area contributed by atoms with Gasteiger partial charge in [0.15, 0.2) is 0 Å². The van der Waals surface area contributed by atoms with Crippen molar-refractivity contribution in [2.24, 2.45) is 11.7 Å². The average Bonchev–Trinajstić information content (AvgIpc) is 2.95. The van der Waals surface area contributed by atoms with Crippen LogP contribution in [0.4, 0.5) is 9.59 Å². The second-order valence-electron chi connectivity index (χ2n) is 8.76. The summed E-state index contributed by atoms with van der Waals surface area (Å²) in [7, 11) is -3.60. The van der Waals surface area contributed by atoms with Gasteiger partial charge < -0.3 is 20.1 Å². The molecule has 172 valence electrons. The summed E-state index contributed by atoms with van der Waals surface area (Å²) in [4.78, 5) is 27.5. The highest BCUT2D eigenvalue weighted by Gasteiger charge is 2.37. The molecule has 30 heavy (non-hydrogen) atoms. The fourth-order valence-corrected chi connectivity index (χ4v) is 3.92. The largest absolute Gasteiger partial charge is 0.444 e. The van der Waals surface area contributed by atoms with Crippen LogP contribution in [0.2, 0.25) is 0 Å².